The molecule has 0 aliphatic rings. The molecule has 1 aromatic rings. The van der Waals surface area contributed by atoms with E-state index in [1.165, 1.54) is 0 Å². The summed E-state index contributed by atoms with van der Waals surface area (Å²) >= 11 is 1.63. The van der Waals surface area contributed by atoms with Gasteiger partial charge in [0.15, 0.2) is 0 Å². The van der Waals surface area contributed by atoms with Gasteiger partial charge in [-0.3, -0.25) is 0 Å². The quantitative estimate of drug-likeness (QED) is 0.738. The second-order valence-corrected chi connectivity index (χ2v) is 3.91. The second kappa shape index (κ2) is 4.54. The van der Waals surface area contributed by atoms with Crippen LogP contribution in [0.25, 0.3) is 0 Å². The van der Waals surface area contributed by atoms with Gasteiger partial charge < -0.3 is 11.1 Å². The molecule has 0 fully saturated rings. The molecule has 3 N–H and O–H groups in total. The minimum atomic E-state index is 0.507. The van der Waals surface area contributed by atoms with Crippen molar-refractivity contribution in [3.8, 4) is 0 Å². The smallest absolute Gasteiger partial charge is 0.106 e. The molecule has 0 saturated carbocycles. The summed E-state index contributed by atoms with van der Waals surface area (Å²) in [5.41, 5.74) is 6.54. The van der Waals surface area contributed by atoms with E-state index in [9.17, 15) is 0 Å². The molecule has 0 aliphatic heterocycles. The van der Waals surface area contributed by atoms with Gasteiger partial charge in [0, 0.05) is 24.5 Å². The van der Waals surface area contributed by atoms with Gasteiger partial charge in [0.2, 0.25) is 0 Å². The van der Waals surface area contributed by atoms with E-state index in [4.69, 9.17) is 5.73 Å². The van der Waals surface area contributed by atoms with E-state index in [0.29, 0.717) is 12.6 Å². The van der Waals surface area contributed by atoms with Crippen LogP contribution in [-0.4, -0.2) is 11.0 Å². The van der Waals surface area contributed by atoms with Crippen LogP contribution in [0.4, 0.5) is 0 Å². The maximum absolute atomic E-state index is 5.45. The van der Waals surface area contributed by atoms with E-state index in [1.807, 2.05) is 0 Å². The summed E-state index contributed by atoms with van der Waals surface area (Å²) in [6.07, 6.45) is 0. The topological polar surface area (TPSA) is 50.9 Å². The van der Waals surface area contributed by atoms with Gasteiger partial charge in [-0.2, -0.15) is 0 Å². The van der Waals surface area contributed by atoms with E-state index in [-0.39, 0.29) is 0 Å². The number of aromatic nitrogens is 1. The van der Waals surface area contributed by atoms with Crippen LogP contribution < -0.4 is 11.1 Å². The van der Waals surface area contributed by atoms with Crippen LogP contribution in [0.2, 0.25) is 0 Å². The van der Waals surface area contributed by atoms with Crippen LogP contribution in [0.5, 0.6) is 0 Å². The van der Waals surface area contributed by atoms with E-state index in [1.54, 1.807) is 11.3 Å². The van der Waals surface area contributed by atoms with Crippen LogP contribution in [-0.2, 0) is 13.1 Å². The highest BCUT2D eigenvalue weighted by atomic mass is 32.1. The molecule has 68 valence electrons. The Bertz CT molecular complexity index is 232. The molecule has 0 atom stereocenters. The Morgan fingerprint density at radius 1 is 1.67 bits per heavy atom. The van der Waals surface area contributed by atoms with E-state index < -0.39 is 0 Å². The van der Waals surface area contributed by atoms with E-state index in [2.05, 4.69) is 29.5 Å². The van der Waals surface area contributed by atoms with Gasteiger partial charge in [-0.25, -0.2) is 4.98 Å². The highest BCUT2D eigenvalue weighted by Crippen LogP contribution is 2.08. The Hall–Kier alpha value is -0.450. The molecular formula is C8H15N3S. The standard InChI is InChI=1S/C8H15N3S/c1-6(2)10-4-7-5-12-8(3-9)11-7/h5-6,10H,3-4,9H2,1-2H3. The number of nitrogens with one attached hydrogen (secondary N) is 1. The lowest BCUT2D eigenvalue weighted by Crippen LogP contribution is -2.21. The number of nitrogens with zero attached hydrogens (tertiary/aromatic N) is 1. The van der Waals surface area contributed by atoms with Gasteiger partial charge in [-0.15, -0.1) is 11.3 Å². The monoisotopic (exact) mass is 185 g/mol. The lowest BCUT2D eigenvalue weighted by atomic mass is 10.4. The maximum atomic E-state index is 5.45. The average Bonchev–Trinajstić information content (AvgIpc) is 2.48. The third kappa shape index (κ3) is 2.89. The fourth-order valence-electron chi connectivity index (χ4n) is 0.833. The first kappa shape index (κ1) is 9.64. The molecule has 1 aromatic heterocycles. The zero-order valence-corrected chi connectivity index (χ0v) is 8.32. The zero-order chi connectivity index (χ0) is 8.97. The van der Waals surface area contributed by atoms with Gasteiger partial charge in [-0.05, 0) is 0 Å². The van der Waals surface area contributed by atoms with Gasteiger partial charge in [-0.1, -0.05) is 13.8 Å². The fourth-order valence-corrected chi connectivity index (χ4v) is 1.51. The Morgan fingerprint density at radius 3 is 2.92 bits per heavy atom. The van der Waals surface area contributed by atoms with E-state index in [0.717, 1.165) is 17.2 Å². The Kier molecular flexibility index (Phi) is 3.65. The molecule has 0 unspecified atom stereocenters. The normalized spacial score (nSPS) is 11.0. The summed E-state index contributed by atoms with van der Waals surface area (Å²) < 4.78 is 0. The number of rotatable bonds is 4. The number of thiazole rings is 1. The molecule has 1 heterocycles. The third-order valence-electron chi connectivity index (χ3n) is 1.47. The van der Waals surface area contributed by atoms with Gasteiger partial charge in [0.05, 0.1) is 5.69 Å². The number of hydrogen-bond acceptors (Lipinski definition) is 4. The van der Waals surface area contributed by atoms with Crippen molar-refractivity contribution in [1.29, 1.82) is 0 Å². The van der Waals surface area contributed by atoms with E-state index >= 15 is 0 Å². The second-order valence-electron chi connectivity index (χ2n) is 2.97. The molecule has 4 heteroatoms. The number of hydrogen-bond donors (Lipinski definition) is 2. The summed E-state index contributed by atoms with van der Waals surface area (Å²) in [5.74, 6) is 0. The lowest BCUT2D eigenvalue weighted by Gasteiger charge is -2.04. The van der Waals surface area contributed by atoms with Crippen LogP contribution in [0, 0.1) is 0 Å². The van der Waals surface area contributed by atoms with Crippen molar-refractivity contribution in [3.05, 3.63) is 16.1 Å². The molecule has 3 nitrogen and oxygen atoms in total. The summed E-state index contributed by atoms with van der Waals surface area (Å²) in [6.45, 7) is 5.63. The molecule has 0 saturated heterocycles. The molecule has 12 heavy (non-hydrogen) atoms. The van der Waals surface area contributed by atoms with Crippen molar-refractivity contribution in [1.82, 2.24) is 10.3 Å². The van der Waals surface area contributed by atoms with Gasteiger partial charge >= 0.3 is 0 Å². The van der Waals surface area contributed by atoms with Gasteiger partial charge in [0.1, 0.15) is 5.01 Å². The highest BCUT2D eigenvalue weighted by molar-refractivity contribution is 7.09. The minimum absolute atomic E-state index is 0.507. The van der Waals surface area contributed by atoms with Crippen molar-refractivity contribution < 1.29 is 0 Å². The Morgan fingerprint density at radius 2 is 2.42 bits per heavy atom. The molecule has 0 aliphatic carbocycles. The molecule has 0 amide bonds. The first-order valence-corrected chi connectivity index (χ1v) is 4.97. The third-order valence-corrected chi connectivity index (χ3v) is 2.39. The van der Waals surface area contributed by atoms with Crippen LogP contribution in [0.15, 0.2) is 5.38 Å². The SMILES string of the molecule is CC(C)NCc1csc(CN)n1. The van der Waals surface area contributed by atoms with Crippen LogP contribution >= 0.6 is 11.3 Å². The molecular weight excluding hydrogens is 170 g/mol. The van der Waals surface area contributed by atoms with Crippen LogP contribution in [0.3, 0.4) is 0 Å². The maximum Gasteiger partial charge on any atom is 0.106 e. The highest BCUT2D eigenvalue weighted by Gasteiger charge is 2.00. The van der Waals surface area contributed by atoms with Crippen LogP contribution in [0.1, 0.15) is 24.5 Å². The molecule has 0 radical (unpaired) electrons. The van der Waals surface area contributed by atoms with Crippen molar-refractivity contribution in [2.75, 3.05) is 0 Å². The van der Waals surface area contributed by atoms with Crippen molar-refractivity contribution in [3.63, 3.8) is 0 Å². The predicted octanol–water partition coefficient (Wildman–Crippen LogP) is 1.10. The Labute approximate surface area is 77.0 Å². The Balaban J connectivity index is 2.41. The summed E-state index contributed by atoms with van der Waals surface area (Å²) in [7, 11) is 0. The van der Waals surface area contributed by atoms with Gasteiger partial charge in [0.25, 0.3) is 0 Å². The van der Waals surface area contributed by atoms with Crippen molar-refractivity contribution >= 4 is 11.3 Å². The molecule has 1 rings (SSSR count). The predicted molar refractivity (Wildman–Crippen MR) is 52.0 cm³/mol. The summed E-state index contributed by atoms with van der Waals surface area (Å²) in [6, 6.07) is 0.507. The van der Waals surface area contributed by atoms with Crippen molar-refractivity contribution in [2.45, 2.75) is 33.0 Å². The molecule has 0 aromatic carbocycles. The largest absolute Gasteiger partial charge is 0.325 e. The first-order valence-electron chi connectivity index (χ1n) is 4.09. The zero-order valence-electron chi connectivity index (χ0n) is 7.50. The molecule has 0 spiro atoms. The lowest BCUT2D eigenvalue weighted by molar-refractivity contribution is 0.582. The summed E-state index contributed by atoms with van der Waals surface area (Å²) in [5, 5.41) is 6.37. The first-order chi connectivity index (χ1) is 5.72. The minimum Gasteiger partial charge on any atom is -0.325 e. The summed E-state index contributed by atoms with van der Waals surface area (Å²) in [4.78, 5) is 4.33. The average molecular weight is 185 g/mol. The molecule has 0 bridgehead atoms. The fraction of sp³-hybridized carbons (Fsp3) is 0.625. The number of nitrogens with two attached hydrogens (primary N) is 1. The van der Waals surface area contributed by atoms with Crippen molar-refractivity contribution in [2.24, 2.45) is 5.73 Å².